The van der Waals surface area contributed by atoms with Gasteiger partial charge in [0.05, 0.1) is 33.2 Å². The van der Waals surface area contributed by atoms with Gasteiger partial charge >= 0.3 is 0 Å². The van der Waals surface area contributed by atoms with Gasteiger partial charge in [0.25, 0.3) is 0 Å². The molecule has 2 aliphatic heterocycles. The average Bonchev–Trinajstić information content (AvgIpc) is 3.82. The minimum Gasteiger partial charge on any atom is -0.309 e. The fraction of sp³-hybridized carbons (Fsp3) is 0.0182. The fourth-order valence-corrected chi connectivity index (χ4v) is 11.7. The van der Waals surface area contributed by atoms with Crippen LogP contribution in [0.25, 0.3) is 77.2 Å². The zero-order chi connectivity index (χ0) is 38.0. The van der Waals surface area contributed by atoms with Crippen molar-refractivity contribution in [2.45, 2.75) is 15.2 Å². The summed E-state index contributed by atoms with van der Waals surface area (Å²) < 4.78 is 4.99. The summed E-state index contributed by atoms with van der Waals surface area (Å²) >= 11 is 1.93. The lowest BCUT2D eigenvalue weighted by Gasteiger charge is -2.45. The van der Waals surface area contributed by atoms with Gasteiger partial charge in [-0.1, -0.05) is 176 Å². The van der Waals surface area contributed by atoms with Gasteiger partial charge in [0, 0.05) is 37.0 Å². The van der Waals surface area contributed by atoms with E-state index in [0.717, 1.165) is 5.69 Å². The fourth-order valence-electron chi connectivity index (χ4n) is 10.4. The predicted molar refractivity (Wildman–Crippen MR) is 242 cm³/mol. The molecule has 0 N–H and O–H groups in total. The Hall–Kier alpha value is -7.07. The number of aromatic nitrogens is 2. The van der Waals surface area contributed by atoms with Gasteiger partial charge in [-0.2, -0.15) is 0 Å². The van der Waals surface area contributed by atoms with Crippen LogP contribution in [0.3, 0.4) is 0 Å². The Morgan fingerprint density at radius 1 is 0.345 bits per heavy atom. The average molecular weight is 755 g/mol. The summed E-state index contributed by atoms with van der Waals surface area (Å²) in [6.07, 6.45) is 0. The van der Waals surface area contributed by atoms with Crippen LogP contribution in [-0.4, -0.2) is 9.13 Å². The SMILES string of the molecule is c1ccc(-c2ccc(-c3ccc(-n4c5ccccc5c5c6c(ccc54)C4(c5ccccc5S6)c5ccccc5-n5c6ccccc6c6cccc4c65)cc3)cc2)cc1. The van der Waals surface area contributed by atoms with Gasteiger partial charge in [0.1, 0.15) is 0 Å². The summed E-state index contributed by atoms with van der Waals surface area (Å²) in [7, 11) is 0. The highest BCUT2D eigenvalue weighted by atomic mass is 32.2. The Morgan fingerprint density at radius 2 is 0.914 bits per heavy atom. The third-order valence-electron chi connectivity index (χ3n) is 12.8. The quantitative estimate of drug-likeness (QED) is 0.175. The lowest BCUT2D eigenvalue weighted by atomic mass is 9.62. The van der Waals surface area contributed by atoms with Crippen LogP contribution in [0, 0.1) is 0 Å². The summed E-state index contributed by atoms with van der Waals surface area (Å²) in [4.78, 5) is 2.64. The molecular weight excluding hydrogens is 721 g/mol. The van der Waals surface area contributed by atoms with E-state index >= 15 is 0 Å². The zero-order valence-corrected chi connectivity index (χ0v) is 32.2. The molecule has 2 aromatic heterocycles. The molecule has 270 valence electrons. The van der Waals surface area contributed by atoms with Crippen molar-refractivity contribution < 1.29 is 0 Å². The van der Waals surface area contributed by atoms with Crippen LogP contribution in [0.5, 0.6) is 0 Å². The number of para-hydroxylation sites is 4. The van der Waals surface area contributed by atoms with Crippen LogP contribution >= 0.6 is 11.8 Å². The zero-order valence-electron chi connectivity index (χ0n) is 31.4. The minimum atomic E-state index is -0.521. The molecule has 11 aromatic rings. The van der Waals surface area contributed by atoms with E-state index in [1.807, 2.05) is 11.8 Å². The summed E-state index contributed by atoms with van der Waals surface area (Å²) in [5, 5.41) is 5.17. The molecular formula is C55H34N2S. The van der Waals surface area contributed by atoms with Gasteiger partial charge in [0.15, 0.2) is 0 Å². The molecule has 4 heterocycles. The predicted octanol–water partition coefficient (Wildman–Crippen LogP) is 14.4. The Labute approximate surface area is 340 Å². The molecule has 2 nitrogen and oxygen atoms in total. The van der Waals surface area contributed by atoms with Crippen LogP contribution in [-0.2, 0) is 5.41 Å². The van der Waals surface area contributed by atoms with E-state index in [9.17, 15) is 0 Å². The molecule has 0 amide bonds. The summed E-state index contributed by atoms with van der Waals surface area (Å²) in [5.41, 5.74) is 17.1. The molecule has 0 saturated carbocycles. The molecule has 13 rings (SSSR count). The van der Waals surface area contributed by atoms with Gasteiger partial charge in [-0.25, -0.2) is 0 Å². The van der Waals surface area contributed by atoms with E-state index < -0.39 is 5.41 Å². The first-order valence-electron chi connectivity index (χ1n) is 20.0. The second-order valence-electron chi connectivity index (χ2n) is 15.6. The highest BCUT2D eigenvalue weighted by Crippen LogP contribution is 2.62. The second kappa shape index (κ2) is 12.0. The van der Waals surface area contributed by atoms with Gasteiger partial charge in [0.2, 0.25) is 0 Å². The summed E-state index contributed by atoms with van der Waals surface area (Å²) in [6.45, 7) is 0. The van der Waals surface area contributed by atoms with Gasteiger partial charge in [-0.15, -0.1) is 0 Å². The first kappa shape index (κ1) is 32.1. The Kier molecular flexibility index (Phi) is 6.62. The smallest absolute Gasteiger partial charge is 0.0764 e. The molecule has 0 fully saturated rings. The van der Waals surface area contributed by atoms with E-state index in [-0.39, 0.29) is 0 Å². The number of fused-ring (bicyclic) bond motifs is 15. The van der Waals surface area contributed by atoms with Crippen LogP contribution < -0.4 is 0 Å². The summed E-state index contributed by atoms with van der Waals surface area (Å²) in [6, 6.07) is 76.6. The van der Waals surface area contributed by atoms with Crippen molar-refractivity contribution in [3.8, 4) is 33.6 Å². The second-order valence-corrected chi connectivity index (χ2v) is 16.7. The van der Waals surface area contributed by atoms with Crippen LogP contribution in [0.1, 0.15) is 22.3 Å². The topological polar surface area (TPSA) is 9.86 Å². The number of nitrogens with zero attached hydrogens (tertiary/aromatic N) is 2. The van der Waals surface area contributed by atoms with Gasteiger partial charge < -0.3 is 9.13 Å². The molecule has 58 heavy (non-hydrogen) atoms. The first-order chi connectivity index (χ1) is 28.8. The Balaban J connectivity index is 1.05. The standard InChI is InChI=1S/C55H34N2S/c1-2-13-35(14-3-1)36-25-27-37(28-26-36)38-29-31-39(32-30-38)56-48-22-9-5-16-42(48)52-50(56)34-33-46-54(52)58-51-24-11-7-19-44(51)55(46)43-18-6-10-23-49(43)57-47-21-8-4-15-40(47)41-17-12-20-45(55)53(41)57/h1-34H. The lowest BCUT2D eigenvalue weighted by Crippen LogP contribution is -2.37. The largest absolute Gasteiger partial charge is 0.309 e. The maximum atomic E-state index is 2.52. The van der Waals surface area contributed by atoms with Crippen molar-refractivity contribution in [2.75, 3.05) is 0 Å². The molecule has 1 atom stereocenters. The molecule has 9 aromatic carbocycles. The van der Waals surface area contributed by atoms with Crippen molar-refractivity contribution in [3.63, 3.8) is 0 Å². The van der Waals surface area contributed by atoms with E-state index in [0.29, 0.717) is 0 Å². The van der Waals surface area contributed by atoms with Gasteiger partial charge in [-0.3, -0.25) is 0 Å². The molecule has 0 aliphatic carbocycles. The van der Waals surface area contributed by atoms with Gasteiger partial charge in [-0.05, 0) is 87.0 Å². The van der Waals surface area contributed by atoms with E-state index in [1.54, 1.807) is 0 Å². The molecule has 3 heteroatoms. The third kappa shape index (κ3) is 4.18. The van der Waals surface area contributed by atoms with Crippen molar-refractivity contribution in [2.24, 2.45) is 0 Å². The third-order valence-corrected chi connectivity index (χ3v) is 14.0. The Morgan fingerprint density at radius 3 is 1.69 bits per heavy atom. The maximum absolute atomic E-state index is 2.52. The monoisotopic (exact) mass is 754 g/mol. The molecule has 1 spiro atoms. The number of hydrogen-bond donors (Lipinski definition) is 0. The van der Waals surface area contributed by atoms with E-state index in [2.05, 4.69) is 215 Å². The molecule has 0 saturated heterocycles. The van der Waals surface area contributed by atoms with E-state index in [1.165, 1.54) is 104 Å². The number of rotatable bonds is 3. The van der Waals surface area contributed by atoms with Crippen molar-refractivity contribution in [3.05, 3.63) is 229 Å². The molecule has 2 aliphatic rings. The first-order valence-corrected chi connectivity index (χ1v) is 20.8. The highest BCUT2D eigenvalue weighted by molar-refractivity contribution is 7.99. The minimum absolute atomic E-state index is 0.521. The molecule has 0 bridgehead atoms. The maximum Gasteiger partial charge on any atom is 0.0764 e. The Bertz CT molecular complexity index is 3460. The molecule has 0 radical (unpaired) electrons. The van der Waals surface area contributed by atoms with Crippen molar-refractivity contribution in [1.82, 2.24) is 9.13 Å². The van der Waals surface area contributed by atoms with Crippen molar-refractivity contribution >= 4 is 55.4 Å². The van der Waals surface area contributed by atoms with Crippen molar-refractivity contribution in [1.29, 1.82) is 0 Å². The van der Waals surface area contributed by atoms with Crippen LogP contribution in [0.4, 0.5) is 0 Å². The van der Waals surface area contributed by atoms with E-state index in [4.69, 9.17) is 0 Å². The summed E-state index contributed by atoms with van der Waals surface area (Å²) in [5.74, 6) is 0. The molecule has 1 unspecified atom stereocenters. The number of hydrogen-bond acceptors (Lipinski definition) is 1. The number of benzene rings is 9. The van der Waals surface area contributed by atoms with Crippen LogP contribution in [0.15, 0.2) is 216 Å². The lowest BCUT2D eigenvalue weighted by molar-refractivity contribution is 0.692. The highest BCUT2D eigenvalue weighted by Gasteiger charge is 2.50. The normalized spacial score (nSPS) is 15.2. The van der Waals surface area contributed by atoms with Crippen LogP contribution in [0.2, 0.25) is 0 Å².